The van der Waals surface area contributed by atoms with E-state index in [9.17, 15) is 5.11 Å². The standard InChI is InChI=1S/C24H36O4/c1-17-15-22-21(16-23(25)28-22)20(17)13-12-19(27-24-9-5-6-14-26-24)11-10-18-7-3-2-4-8-18/h2-4,7-8,17,19-25H,5-6,9-16H2,1H3/t17-,19+,20+,21-,22+,23?,24?/m1/s1. The molecule has 156 valence electrons. The molecular formula is C24H36O4. The van der Waals surface area contributed by atoms with E-state index in [-0.39, 0.29) is 18.5 Å². The molecule has 0 amide bonds. The summed E-state index contributed by atoms with van der Waals surface area (Å²) < 4.78 is 18.0. The molecule has 2 heterocycles. The van der Waals surface area contributed by atoms with Gasteiger partial charge in [0, 0.05) is 13.0 Å². The summed E-state index contributed by atoms with van der Waals surface area (Å²) in [7, 11) is 0. The Morgan fingerprint density at radius 3 is 2.79 bits per heavy atom. The second-order valence-corrected chi connectivity index (χ2v) is 9.06. The minimum atomic E-state index is -0.550. The van der Waals surface area contributed by atoms with E-state index in [0.717, 1.165) is 58.0 Å². The molecule has 2 unspecified atom stereocenters. The third-order valence-corrected chi connectivity index (χ3v) is 7.07. The summed E-state index contributed by atoms with van der Waals surface area (Å²) in [6.45, 7) is 3.18. The van der Waals surface area contributed by atoms with Gasteiger partial charge in [-0.1, -0.05) is 37.3 Å². The summed E-state index contributed by atoms with van der Waals surface area (Å²) in [5, 5.41) is 9.88. The quantitative estimate of drug-likeness (QED) is 0.702. The highest BCUT2D eigenvalue weighted by Crippen LogP contribution is 2.48. The SMILES string of the molecule is C[C@@H]1C[C@@H]2OC(O)C[C@@H]2[C@H]1CC[C@H](CCc1ccccc1)OC1CCCCO1. The second-order valence-electron chi connectivity index (χ2n) is 9.06. The first-order chi connectivity index (χ1) is 13.7. The lowest BCUT2D eigenvalue weighted by Gasteiger charge is -2.29. The molecule has 4 heteroatoms. The van der Waals surface area contributed by atoms with Crippen LogP contribution in [0.3, 0.4) is 0 Å². The molecule has 1 saturated carbocycles. The van der Waals surface area contributed by atoms with E-state index in [1.165, 1.54) is 12.0 Å². The van der Waals surface area contributed by atoms with Crippen LogP contribution in [0.5, 0.6) is 0 Å². The highest BCUT2D eigenvalue weighted by molar-refractivity contribution is 5.14. The Labute approximate surface area is 169 Å². The van der Waals surface area contributed by atoms with Gasteiger partial charge in [0.15, 0.2) is 12.6 Å². The van der Waals surface area contributed by atoms with Gasteiger partial charge in [-0.15, -0.1) is 0 Å². The third kappa shape index (κ3) is 5.15. The van der Waals surface area contributed by atoms with Gasteiger partial charge >= 0.3 is 0 Å². The summed E-state index contributed by atoms with van der Waals surface area (Å²) >= 11 is 0. The molecule has 3 fully saturated rings. The maximum Gasteiger partial charge on any atom is 0.157 e. The van der Waals surface area contributed by atoms with Crippen molar-refractivity contribution in [3.8, 4) is 0 Å². The number of aliphatic hydroxyl groups is 1. The van der Waals surface area contributed by atoms with E-state index in [2.05, 4.69) is 37.3 Å². The lowest BCUT2D eigenvalue weighted by molar-refractivity contribution is -0.191. The van der Waals surface area contributed by atoms with Crippen molar-refractivity contribution in [2.24, 2.45) is 17.8 Å². The number of aryl methyl sites for hydroxylation is 1. The van der Waals surface area contributed by atoms with Crippen LogP contribution in [0.1, 0.15) is 63.9 Å². The van der Waals surface area contributed by atoms with Crippen molar-refractivity contribution in [3.05, 3.63) is 35.9 Å². The lowest BCUT2D eigenvalue weighted by atomic mass is 9.83. The van der Waals surface area contributed by atoms with Gasteiger partial charge in [-0.25, -0.2) is 0 Å². The zero-order valence-electron chi connectivity index (χ0n) is 17.2. The van der Waals surface area contributed by atoms with E-state index in [1.54, 1.807) is 0 Å². The van der Waals surface area contributed by atoms with Crippen LogP contribution in [0.15, 0.2) is 30.3 Å². The first-order valence-corrected chi connectivity index (χ1v) is 11.3. The molecule has 0 radical (unpaired) electrons. The molecular weight excluding hydrogens is 352 g/mol. The van der Waals surface area contributed by atoms with Crippen molar-refractivity contribution in [2.75, 3.05) is 6.61 Å². The Morgan fingerprint density at radius 2 is 2.00 bits per heavy atom. The molecule has 1 aliphatic carbocycles. The normalized spacial score (nSPS) is 36.4. The van der Waals surface area contributed by atoms with Crippen LogP contribution in [0, 0.1) is 17.8 Å². The molecule has 2 saturated heterocycles. The van der Waals surface area contributed by atoms with Crippen molar-refractivity contribution in [3.63, 3.8) is 0 Å². The number of hydrogen-bond donors (Lipinski definition) is 1. The van der Waals surface area contributed by atoms with E-state index in [0.29, 0.717) is 17.8 Å². The predicted molar refractivity (Wildman–Crippen MR) is 109 cm³/mol. The molecule has 0 bridgehead atoms. The van der Waals surface area contributed by atoms with Gasteiger partial charge in [-0.3, -0.25) is 0 Å². The van der Waals surface area contributed by atoms with Crippen molar-refractivity contribution >= 4 is 0 Å². The molecule has 1 aromatic rings. The number of hydrogen-bond acceptors (Lipinski definition) is 4. The largest absolute Gasteiger partial charge is 0.368 e. The van der Waals surface area contributed by atoms with Gasteiger partial charge in [0.25, 0.3) is 0 Å². The van der Waals surface area contributed by atoms with Crippen LogP contribution in [0.25, 0.3) is 0 Å². The summed E-state index contributed by atoms with van der Waals surface area (Å²) in [5.41, 5.74) is 1.38. The zero-order chi connectivity index (χ0) is 19.3. The molecule has 4 rings (SSSR count). The third-order valence-electron chi connectivity index (χ3n) is 7.07. The number of benzene rings is 1. The van der Waals surface area contributed by atoms with Gasteiger partial charge in [0.1, 0.15) is 0 Å². The fourth-order valence-corrected chi connectivity index (χ4v) is 5.55. The monoisotopic (exact) mass is 388 g/mol. The summed E-state index contributed by atoms with van der Waals surface area (Å²) in [5.74, 6) is 1.83. The van der Waals surface area contributed by atoms with Crippen molar-refractivity contribution in [1.29, 1.82) is 0 Å². The fourth-order valence-electron chi connectivity index (χ4n) is 5.55. The Hall–Kier alpha value is -0.940. The Balaban J connectivity index is 1.33. The lowest BCUT2D eigenvalue weighted by Crippen LogP contribution is -2.29. The van der Waals surface area contributed by atoms with Crippen LogP contribution < -0.4 is 0 Å². The fraction of sp³-hybridized carbons (Fsp3) is 0.750. The maximum absolute atomic E-state index is 9.88. The number of rotatable bonds is 8. The van der Waals surface area contributed by atoms with Gasteiger partial charge in [-0.05, 0) is 74.7 Å². The molecule has 1 N–H and O–H groups in total. The highest BCUT2D eigenvalue weighted by Gasteiger charge is 2.47. The molecule has 7 atom stereocenters. The Morgan fingerprint density at radius 1 is 1.14 bits per heavy atom. The van der Waals surface area contributed by atoms with Gasteiger partial charge in [0.05, 0.1) is 12.2 Å². The topological polar surface area (TPSA) is 47.9 Å². The first-order valence-electron chi connectivity index (χ1n) is 11.3. The molecule has 0 aromatic heterocycles. The summed E-state index contributed by atoms with van der Waals surface area (Å²) in [6, 6.07) is 10.7. The molecule has 1 aromatic carbocycles. The summed E-state index contributed by atoms with van der Waals surface area (Å²) in [6.07, 6.45) is 9.51. The minimum absolute atomic E-state index is 0.0279. The van der Waals surface area contributed by atoms with Crippen LogP contribution >= 0.6 is 0 Å². The molecule has 28 heavy (non-hydrogen) atoms. The predicted octanol–water partition coefficient (Wildman–Crippen LogP) is 4.69. The Kier molecular flexibility index (Phi) is 7.05. The number of ether oxygens (including phenoxy) is 3. The maximum atomic E-state index is 9.88. The smallest absolute Gasteiger partial charge is 0.157 e. The van der Waals surface area contributed by atoms with Crippen molar-refractivity contribution < 1.29 is 19.3 Å². The molecule has 4 nitrogen and oxygen atoms in total. The Bertz CT molecular complexity index is 586. The average molecular weight is 389 g/mol. The summed E-state index contributed by atoms with van der Waals surface area (Å²) in [4.78, 5) is 0. The van der Waals surface area contributed by atoms with E-state index in [1.807, 2.05) is 0 Å². The van der Waals surface area contributed by atoms with Crippen molar-refractivity contribution in [1.82, 2.24) is 0 Å². The molecule has 0 spiro atoms. The second kappa shape index (κ2) is 9.71. The van der Waals surface area contributed by atoms with Crippen LogP contribution in [-0.2, 0) is 20.6 Å². The van der Waals surface area contributed by atoms with Gasteiger partial charge in [0.2, 0.25) is 0 Å². The zero-order valence-corrected chi connectivity index (χ0v) is 17.2. The first kappa shape index (κ1) is 20.3. The molecule has 3 aliphatic rings. The highest BCUT2D eigenvalue weighted by atomic mass is 16.7. The average Bonchev–Trinajstić information content (AvgIpc) is 3.20. The van der Waals surface area contributed by atoms with E-state index in [4.69, 9.17) is 14.2 Å². The van der Waals surface area contributed by atoms with Crippen molar-refractivity contribution in [2.45, 2.75) is 89.5 Å². The number of fused-ring (bicyclic) bond motifs is 1. The van der Waals surface area contributed by atoms with E-state index >= 15 is 0 Å². The van der Waals surface area contributed by atoms with E-state index < -0.39 is 6.29 Å². The molecule has 2 aliphatic heterocycles. The minimum Gasteiger partial charge on any atom is -0.368 e. The van der Waals surface area contributed by atoms with Crippen LogP contribution in [0.2, 0.25) is 0 Å². The van der Waals surface area contributed by atoms with Gasteiger partial charge < -0.3 is 19.3 Å². The van der Waals surface area contributed by atoms with Gasteiger partial charge in [-0.2, -0.15) is 0 Å². The van der Waals surface area contributed by atoms with Crippen LogP contribution in [-0.4, -0.2) is 36.5 Å². The van der Waals surface area contributed by atoms with Crippen LogP contribution in [0.4, 0.5) is 0 Å². The number of aliphatic hydroxyl groups excluding tert-OH is 1.